The first-order valence-corrected chi connectivity index (χ1v) is 7.02. The number of benzene rings is 1. The molecule has 0 spiro atoms. The molecular formula is C14H21BrFN. The van der Waals surface area contributed by atoms with E-state index < -0.39 is 0 Å². The zero-order valence-corrected chi connectivity index (χ0v) is 12.3. The monoisotopic (exact) mass is 301 g/mol. The standard InChI is InChI=1S/C14H21BrFN/c1-4-5-7-10(2)14(17-3)11-8-6-9-12(15)13(11)16/h6,8-10,14,17H,4-5,7H2,1-3H3. The van der Waals surface area contributed by atoms with Crippen LogP contribution in [0.2, 0.25) is 0 Å². The number of halogens is 2. The summed E-state index contributed by atoms with van der Waals surface area (Å²) in [6.07, 6.45) is 3.49. The van der Waals surface area contributed by atoms with Gasteiger partial charge in [0.25, 0.3) is 0 Å². The Morgan fingerprint density at radius 2 is 2.12 bits per heavy atom. The molecule has 0 heterocycles. The third-order valence-corrected chi connectivity index (χ3v) is 3.82. The van der Waals surface area contributed by atoms with Gasteiger partial charge >= 0.3 is 0 Å². The van der Waals surface area contributed by atoms with Gasteiger partial charge in [0, 0.05) is 11.6 Å². The van der Waals surface area contributed by atoms with E-state index in [1.807, 2.05) is 19.2 Å². The van der Waals surface area contributed by atoms with Gasteiger partial charge in [-0.3, -0.25) is 0 Å². The Morgan fingerprint density at radius 3 is 2.71 bits per heavy atom. The van der Waals surface area contributed by atoms with E-state index in [0.29, 0.717) is 10.4 Å². The molecule has 0 aliphatic rings. The number of hydrogen-bond acceptors (Lipinski definition) is 1. The highest BCUT2D eigenvalue weighted by Gasteiger charge is 2.21. The van der Waals surface area contributed by atoms with Crippen LogP contribution in [-0.2, 0) is 0 Å². The molecule has 0 bridgehead atoms. The molecule has 0 fully saturated rings. The first-order valence-electron chi connectivity index (χ1n) is 6.23. The Morgan fingerprint density at radius 1 is 1.41 bits per heavy atom. The summed E-state index contributed by atoms with van der Waals surface area (Å²) in [5.74, 6) is 0.291. The summed E-state index contributed by atoms with van der Waals surface area (Å²) in [6, 6.07) is 5.57. The van der Waals surface area contributed by atoms with E-state index in [4.69, 9.17) is 0 Å². The highest BCUT2D eigenvalue weighted by atomic mass is 79.9. The van der Waals surface area contributed by atoms with Crippen molar-refractivity contribution in [2.45, 2.75) is 39.2 Å². The van der Waals surface area contributed by atoms with E-state index in [1.54, 1.807) is 6.07 Å². The molecule has 1 aromatic rings. The van der Waals surface area contributed by atoms with Crippen molar-refractivity contribution in [2.75, 3.05) is 7.05 Å². The zero-order valence-electron chi connectivity index (χ0n) is 10.8. The van der Waals surface area contributed by atoms with E-state index in [9.17, 15) is 4.39 Å². The maximum atomic E-state index is 14.0. The van der Waals surface area contributed by atoms with Gasteiger partial charge in [-0.2, -0.15) is 0 Å². The first-order chi connectivity index (χ1) is 8.11. The van der Waals surface area contributed by atoms with Crippen LogP contribution < -0.4 is 5.32 Å². The van der Waals surface area contributed by atoms with E-state index in [-0.39, 0.29) is 11.9 Å². The van der Waals surface area contributed by atoms with Gasteiger partial charge in [0.1, 0.15) is 5.82 Å². The van der Waals surface area contributed by atoms with Crippen molar-refractivity contribution >= 4 is 15.9 Å². The Bertz CT molecular complexity index is 354. The van der Waals surface area contributed by atoms with E-state index in [1.165, 1.54) is 12.8 Å². The lowest BCUT2D eigenvalue weighted by atomic mass is 9.90. The predicted molar refractivity (Wildman–Crippen MR) is 74.6 cm³/mol. The summed E-state index contributed by atoms with van der Waals surface area (Å²) < 4.78 is 14.6. The van der Waals surface area contributed by atoms with Gasteiger partial charge in [-0.15, -0.1) is 0 Å². The van der Waals surface area contributed by atoms with Crippen LogP contribution in [0.1, 0.15) is 44.7 Å². The normalized spacial score (nSPS) is 14.6. The van der Waals surface area contributed by atoms with Crippen LogP contribution in [0.4, 0.5) is 4.39 Å². The van der Waals surface area contributed by atoms with Crippen LogP contribution in [0.15, 0.2) is 22.7 Å². The van der Waals surface area contributed by atoms with Gasteiger partial charge < -0.3 is 5.32 Å². The molecular weight excluding hydrogens is 281 g/mol. The summed E-state index contributed by atoms with van der Waals surface area (Å²) in [6.45, 7) is 4.36. The zero-order chi connectivity index (χ0) is 12.8. The van der Waals surface area contributed by atoms with Crippen LogP contribution in [0.5, 0.6) is 0 Å². The number of nitrogens with one attached hydrogen (secondary N) is 1. The summed E-state index contributed by atoms with van der Waals surface area (Å²) in [7, 11) is 1.90. The summed E-state index contributed by atoms with van der Waals surface area (Å²) in [5, 5.41) is 3.23. The fourth-order valence-electron chi connectivity index (χ4n) is 2.20. The third kappa shape index (κ3) is 3.78. The summed E-state index contributed by atoms with van der Waals surface area (Å²) in [5.41, 5.74) is 0.755. The highest BCUT2D eigenvalue weighted by molar-refractivity contribution is 9.10. The molecule has 96 valence electrons. The van der Waals surface area contributed by atoms with Crippen LogP contribution in [-0.4, -0.2) is 7.05 Å². The molecule has 1 N–H and O–H groups in total. The van der Waals surface area contributed by atoms with E-state index >= 15 is 0 Å². The van der Waals surface area contributed by atoms with E-state index in [2.05, 4.69) is 35.1 Å². The Balaban J connectivity index is 2.89. The quantitative estimate of drug-likeness (QED) is 0.805. The molecule has 1 nitrogen and oxygen atoms in total. The Hall–Kier alpha value is -0.410. The molecule has 3 heteroatoms. The first kappa shape index (κ1) is 14.7. The fourth-order valence-corrected chi connectivity index (χ4v) is 2.58. The van der Waals surface area contributed by atoms with Gasteiger partial charge in [0.2, 0.25) is 0 Å². The van der Waals surface area contributed by atoms with Crippen molar-refractivity contribution in [1.29, 1.82) is 0 Å². The van der Waals surface area contributed by atoms with Crippen molar-refractivity contribution in [3.63, 3.8) is 0 Å². The Kier molecular flexibility index (Phi) is 6.14. The van der Waals surface area contributed by atoms with Gasteiger partial charge in [0.05, 0.1) is 4.47 Å². The molecule has 0 radical (unpaired) electrons. The molecule has 1 aromatic carbocycles. The maximum absolute atomic E-state index is 14.0. The molecule has 0 aliphatic heterocycles. The molecule has 1 rings (SSSR count). The van der Waals surface area contributed by atoms with Gasteiger partial charge in [-0.05, 0) is 41.4 Å². The molecule has 0 aliphatic carbocycles. The fraction of sp³-hybridized carbons (Fsp3) is 0.571. The van der Waals surface area contributed by atoms with Crippen molar-refractivity contribution in [1.82, 2.24) is 5.32 Å². The topological polar surface area (TPSA) is 12.0 Å². The molecule has 0 saturated carbocycles. The van der Waals surface area contributed by atoms with Crippen molar-refractivity contribution in [3.05, 3.63) is 34.1 Å². The van der Waals surface area contributed by atoms with Crippen molar-refractivity contribution < 1.29 is 4.39 Å². The second-order valence-electron chi connectivity index (χ2n) is 4.53. The average Bonchev–Trinajstić information content (AvgIpc) is 2.32. The Labute approximate surface area is 112 Å². The molecule has 0 saturated heterocycles. The van der Waals surface area contributed by atoms with Crippen LogP contribution >= 0.6 is 15.9 Å². The van der Waals surface area contributed by atoms with Gasteiger partial charge in [-0.1, -0.05) is 38.8 Å². The minimum Gasteiger partial charge on any atom is -0.313 e. The van der Waals surface area contributed by atoms with Crippen molar-refractivity contribution in [3.8, 4) is 0 Å². The van der Waals surface area contributed by atoms with Crippen LogP contribution in [0.25, 0.3) is 0 Å². The van der Waals surface area contributed by atoms with E-state index in [0.717, 1.165) is 12.0 Å². The molecule has 0 aromatic heterocycles. The minimum absolute atomic E-state index is 0.0825. The third-order valence-electron chi connectivity index (χ3n) is 3.21. The SMILES string of the molecule is CCCCC(C)C(NC)c1cccc(Br)c1F. The number of rotatable bonds is 6. The lowest BCUT2D eigenvalue weighted by Crippen LogP contribution is -2.24. The number of hydrogen-bond donors (Lipinski definition) is 1. The smallest absolute Gasteiger partial charge is 0.142 e. The maximum Gasteiger partial charge on any atom is 0.142 e. The van der Waals surface area contributed by atoms with Crippen LogP contribution in [0.3, 0.4) is 0 Å². The second kappa shape index (κ2) is 7.12. The number of unbranched alkanes of at least 4 members (excludes halogenated alkanes) is 1. The average molecular weight is 302 g/mol. The minimum atomic E-state index is -0.143. The highest BCUT2D eigenvalue weighted by Crippen LogP contribution is 2.30. The second-order valence-corrected chi connectivity index (χ2v) is 5.38. The lowest BCUT2D eigenvalue weighted by Gasteiger charge is -2.24. The molecule has 2 unspecified atom stereocenters. The lowest BCUT2D eigenvalue weighted by molar-refractivity contribution is 0.366. The summed E-state index contributed by atoms with van der Waals surface area (Å²) in [4.78, 5) is 0. The van der Waals surface area contributed by atoms with Crippen molar-refractivity contribution in [2.24, 2.45) is 5.92 Å². The molecule has 2 atom stereocenters. The van der Waals surface area contributed by atoms with Gasteiger partial charge in [-0.25, -0.2) is 4.39 Å². The van der Waals surface area contributed by atoms with Gasteiger partial charge in [0.15, 0.2) is 0 Å². The molecule has 0 amide bonds. The predicted octanol–water partition coefficient (Wildman–Crippen LogP) is 4.68. The summed E-state index contributed by atoms with van der Waals surface area (Å²) >= 11 is 3.24. The van der Waals surface area contributed by atoms with Crippen LogP contribution in [0, 0.1) is 11.7 Å². The molecule has 17 heavy (non-hydrogen) atoms. The largest absolute Gasteiger partial charge is 0.313 e.